The van der Waals surface area contributed by atoms with Crippen molar-refractivity contribution in [1.29, 1.82) is 5.26 Å². The lowest BCUT2D eigenvalue weighted by Crippen LogP contribution is -2.22. The number of hydrogen-bond acceptors (Lipinski definition) is 5. The van der Waals surface area contributed by atoms with Gasteiger partial charge in [0.1, 0.15) is 6.10 Å². The highest BCUT2D eigenvalue weighted by molar-refractivity contribution is 5.56. The van der Waals surface area contributed by atoms with Gasteiger partial charge in [-0.05, 0) is 25.0 Å². The van der Waals surface area contributed by atoms with Crippen molar-refractivity contribution in [3.8, 4) is 23.3 Å². The fourth-order valence-electron chi connectivity index (χ4n) is 2.57. The minimum absolute atomic E-state index is 0.171. The first-order chi connectivity index (χ1) is 9.76. The lowest BCUT2D eigenvalue weighted by atomic mass is 9.90. The van der Waals surface area contributed by atoms with Gasteiger partial charge >= 0.3 is 0 Å². The van der Waals surface area contributed by atoms with Gasteiger partial charge in [0.2, 0.25) is 5.75 Å². The van der Waals surface area contributed by atoms with Gasteiger partial charge in [0, 0.05) is 12.2 Å². The van der Waals surface area contributed by atoms with Crippen molar-refractivity contribution >= 4 is 0 Å². The van der Waals surface area contributed by atoms with Crippen LogP contribution in [-0.4, -0.2) is 27.9 Å². The molecule has 5 heteroatoms. The molecule has 0 bridgehead atoms. The maximum Gasteiger partial charge on any atom is 0.203 e. The third kappa shape index (κ3) is 2.52. The minimum atomic E-state index is -0.288. The van der Waals surface area contributed by atoms with Gasteiger partial charge in [-0.25, -0.2) is 0 Å². The summed E-state index contributed by atoms with van der Waals surface area (Å²) in [5, 5.41) is 9.29. The van der Waals surface area contributed by atoms with E-state index in [-0.39, 0.29) is 12.0 Å². The molecule has 0 saturated carbocycles. The number of nitrogens with zero attached hydrogens (tertiary/aromatic N) is 1. The zero-order valence-electron chi connectivity index (χ0n) is 12.0. The topological polar surface area (TPSA) is 60.7 Å². The van der Waals surface area contributed by atoms with Crippen LogP contribution in [-0.2, 0) is 4.74 Å². The third-order valence-electron chi connectivity index (χ3n) is 3.53. The van der Waals surface area contributed by atoms with Crippen molar-refractivity contribution in [3.63, 3.8) is 0 Å². The summed E-state index contributed by atoms with van der Waals surface area (Å²) >= 11 is 0. The van der Waals surface area contributed by atoms with Crippen molar-refractivity contribution < 1.29 is 18.9 Å². The largest absolute Gasteiger partial charge is 0.493 e. The molecule has 1 aromatic carbocycles. The van der Waals surface area contributed by atoms with Crippen molar-refractivity contribution in [3.05, 3.63) is 17.7 Å². The zero-order chi connectivity index (χ0) is 14.5. The van der Waals surface area contributed by atoms with E-state index in [9.17, 15) is 5.26 Å². The van der Waals surface area contributed by atoms with E-state index in [4.69, 9.17) is 18.9 Å². The van der Waals surface area contributed by atoms with E-state index < -0.39 is 0 Å². The van der Waals surface area contributed by atoms with Gasteiger partial charge in [-0.2, -0.15) is 5.26 Å². The molecule has 2 unspecified atom stereocenters. The smallest absolute Gasteiger partial charge is 0.203 e. The summed E-state index contributed by atoms with van der Waals surface area (Å²) in [5.74, 6) is 1.52. The highest BCUT2D eigenvalue weighted by Gasteiger charge is 2.31. The maximum absolute atomic E-state index is 9.29. The Bertz CT molecular complexity index is 509. The van der Waals surface area contributed by atoms with Crippen molar-refractivity contribution in [2.24, 2.45) is 5.92 Å². The summed E-state index contributed by atoms with van der Waals surface area (Å²) in [6.45, 7) is 0.653. The Kier molecular flexibility index (Phi) is 4.70. The third-order valence-corrected chi connectivity index (χ3v) is 3.53. The number of nitriles is 1. The van der Waals surface area contributed by atoms with E-state index in [1.807, 2.05) is 12.1 Å². The lowest BCUT2D eigenvalue weighted by molar-refractivity contribution is -0.0116. The molecule has 0 aromatic heterocycles. The minimum Gasteiger partial charge on any atom is -0.493 e. The molecule has 1 saturated heterocycles. The Morgan fingerprint density at radius 1 is 1.15 bits per heavy atom. The van der Waals surface area contributed by atoms with E-state index in [0.29, 0.717) is 23.9 Å². The molecule has 0 aliphatic carbocycles. The second kappa shape index (κ2) is 6.49. The summed E-state index contributed by atoms with van der Waals surface area (Å²) in [6.07, 6.45) is 1.45. The number of rotatable bonds is 4. The lowest BCUT2D eigenvalue weighted by Gasteiger charge is -2.29. The van der Waals surface area contributed by atoms with Crippen molar-refractivity contribution in [1.82, 2.24) is 0 Å². The second-order valence-corrected chi connectivity index (χ2v) is 4.59. The molecule has 1 aromatic rings. The van der Waals surface area contributed by atoms with Crippen LogP contribution < -0.4 is 14.2 Å². The fourth-order valence-corrected chi connectivity index (χ4v) is 2.57. The Morgan fingerprint density at radius 2 is 1.90 bits per heavy atom. The van der Waals surface area contributed by atoms with Gasteiger partial charge in [-0.15, -0.1) is 0 Å². The first-order valence-corrected chi connectivity index (χ1v) is 6.56. The monoisotopic (exact) mass is 277 g/mol. The quantitative estimate of drug-likeness (QED) is 0.846. The first kappa shape index (κ1) is 14.5. The van der Waals surface area contributed by atoms with Crippen LogP contribution in [0.5, 0.6) is 17.2 Å². The Hall–Kier alpha value is -1.93. The van der Waals surface area contributed by atoms with Gasteiger partial charge < -0.3 is 18.9 Å². The highest BCUT2D eigenvalue weighted by atomic mass is 16.5. The van der Waals surface area contributed by atoms with E-state index in [2.05, 4.69) is 6.07 Å². The summed E-state index contributed by atoms with van der Waals surface area (Å²) in [4.78, 5) is 0. The number of methoxy groups -OCH3 is 3. The van der Waals surface area contributed by atoms with Crippen molar-refractivity contribution in [2.45, 2.75) is 18.9 Å². The van der Waals surface area contributed by atoms with Gasteiger partial charge in [0.15, 0.2) is 11.5 Å². The molecular weight excluding hydrogens is 258 g/mol. The Balaban J connectivity index is 2.48. The number of benzene rings is 1. The van der Waals surface area contributed by atoms with E-state index in [0.717, 1.165) is 18.4 Å². The molecule has 0 radical (unpaired) electrons. The molecule has 20 heavy (non-hydrogen) atoms. The van der Waals surface area contributed by atoms with E-state index >= 15 is 0 Å². The average Bonchev–Trinajstić information content (AvgIpc) is 2.53. The summed E-state index contributed by atoms with van der Waals surface area (Å²) < 4.78 is 21.9. The van der Waals surface area contributed by atoms with Crippen LogP contribution in [0, 0.1) is 17.2 Å². The molecule has 1 fully saturated rings. The van der Waals surface area contributed by atoms with Crippen LogP contribution in [0.2, 0.25) is 0 Å². The maximum atomic E-state index is 9.29. The van der Waals surface area contributed by atoms with Crippen LogP contribution in [0.4, 0.5) is 0 Å². The SMILES string of the molecule is COc1ccc(C2OCCCC2C#N)c(OC)c1OC. The van der Waals surface area contributed by atoms with Gasteiger partial charge in [0.05, 0.1) is 33.3 Å². The average molecular weight is 277 g/mol. The van der Waals surface area contributed by atoms with Crippen LogP contribution in [0.25, 0.3) is 0 Å². The molecule has 0 spiro atoms. The van der Waals surface area contributed by atoms with Gasteiger partial charge in [-0.1, -0.05) is 0 Å². The van der Waals surface area contributed by atoms with Crippen LogP contribution >= 0.6 is 0 Å². The Morgan fingerprint density at radius 3 is 2.50 bits per heavy atom. The van der Waals surface area contributed by atoms with Gasteiger partial charge in [-0.3, -0.25) is 0 Å². The molecule has 1 aliphatic heterocycles. The van der Waals surface area contributed by atoms with Crippen LogP contribution in [0.15, 0.2) is 12.1 Å². The molecule has 1 heterocycles. The molecule has 108 valence electrons. The Labute approximate surface area is 119 Å². The molecular formula is C15H19NO4. The first-order valence-electron chi connectivity index (χ1n) is 6.56. The predicted octanol–water partition coefficient (Wildman–Crippen LogP) is 2.70. The molecule has 0 N–H and O–H groups in total. The molecule has 0 amide bonds. The molecule has 2 rings (SSSR count). The molecule has 2 atom stereocenters. The second-order valence-electron chi connectivity index (χ2n) is 4.59. The standard InChI is InChI=1S/C15H19NO4/c1-17-12-7-6-11(14(18-2)15(12)19-3)13-10(9-16)5-4-8-20-13/h6-7,10,13H,4-5,8H2,1-3H3. The fraction of sp³-hybridized carbons (Fsp3) is 0.533. The molecule has 5 nitrogen and oxygen atoms in total. The highest BCUT2D eigenvalue weighted by Crippen LogP contribution is 2.46. The van der Waals surface area contributed by atoms with Crippen LogP contribution in [0.3, 0.4) is 0 Å². The summed E-state index contributed by atoms with van der Waals surface area (Å²) in [7, 11) is 4.71. The predicted molar refractivity (Wildman–Crippen MR) is 73.1 cm³/mol. The van der Waals surface area contributed by atoms with Crippen LogP contribution in [0.1, 0.15) is 24.5 Å². The molecule has 1 aliphatic rings. The van der Waals surface area contributed by atoms with E-state index in [1.54, 1.807) is 21.3 Å². The number of ether oxygens (including phenoxy) is 4. The van der Waals surface area contributed by atoms with Crippen molar-refractivity contribution in [2.75, 3.05) is 27.9 Å². The van der Waals surface area contributed by atoms with E-state index in [1.165, 1.54) is 0 Å². The normalized spacial score (nSPS) is 21.9. The summed E-state index contributed by atoms with van der Waals surface area (Å²) in [5.41, 5.74) is 0.830. The number of hydrogen-bond donors (Lipinski definition) is 0. The zero-order valence-corrected chi connectivity index (χ0v) is 12.0. The van der Waals surface area contributed by atoms with Gasteiger partial charge in [0.25, 0.3) is 0 Å². The summed E-state index contributed by atoms with van der Waals surface area (Å²) in [6, 6.07) is 6.00.